The topological polar surface area (TPSA) is 54.0 Å². The van der Waals surface area contributed by atoms with Crippen molar-refractivity contribution in [2.24, 2.45) is 0 Å². The first-order valence-corrected chi connectivity index (χ1v) is 13.1. The van der Waals surface area contributed by atoms with Gasteiger partial charge in [0.05, 0.1) is 7.11 Å². The van der Waals surface area contributed by atoms with E-state index < -0.39 is 0 Å². The third kappa shape index (κ3) is 7.17. The average Bonchev–Trinajstić information content (AvgIpc) is 2.88. The molecular weight excluding hydrogens is 448 g/mol. The molecule has 0 spiro atoms. The molecule has 3 aromatic rings. The fourth-order valence-electron chi connectivity index (χ4n) is 4.95. The van der Waals surface area contributed by atoms with E-state index in [2.05, 4.69) is 72.8 Å². The lowest BCUT2D eigenvalue weighted by Gasteiger charge is -2.27. The number of aromatic hydroxyl groups is 1. The molecule has 0 radical (unpaired) electrons. The second-order valence-electron chi connectivity index (χ2n) is 10.0. The summed E-state index contributed by atoms with van der Waals surface area (Å²) < 4.78 is 11.3. The molecule has 192 valence electrons. The summed E-state index contributed by atoms with van der Waals surface area (Å²) in [5.41, 5.74) is 6.52. The molecular formula is C31H40N2O3. The Labute approximate surface area is 216 Å². The minimum absolute atomic E-state index is 0.364. The number of likely N-dealkylation sites (N-methyl/N-ethyl adjacent to an activating group) is 1. The molecule has 4 rings (SSSR count). The number of benzene rings is 3. The van der Waals surface area contributed by atoms with Crippen molar-refractivity contribution in [2.45, 2.75) is 44.4 Å². The Morgan fingerprint density at radius 2 is 1.75 bits per heavy atom. The van der Waals surface area contributed by atoms with Gasteiger partial charge in [-0.2, -0.15) is 0 Å². The number of nitrogens with one attached hydrogen (secondary N) is 1. The van der Waals surface area contributed by atoms with E-state index in [0.29, 0.717) is 18.3 Å². The van der Waals surface area contributed by atoms with E-state index in [1.165, 1.54) is 27.9 Å². The molecule has 1 aliphatic carbocycles. The molecule has 0 amide bonds. The number of aryl methyl sites for hydroxylation is 2. The van der Waals surface area contributed by atoms with Crippen molar-refractivity contribution in [1.82, 2.24) is 4.90 Å². The number of hydrogen-bond donors (Lipinski definition) is 2. The molecule has 36 heavy (non-hydrogen) atoms. The zero-order valence-corrected chi connectivity index (χ0v) is 21.9. The normalized spacial score (nSPS) is 14.9. The number of fused-ring (bicyclic) bond motifs is 1. The fourth-order valence-corrected chi connectivity index (χ4v) is 4.95. The molecule has 0 saturated carbocycles. The van der Waals surface area contributed by atoms with Crippen LogP contribution in [-0.2, 0) is 19.3 Å². The van der Waals surface area contributed by atoms with Crippen molar-refractivity contribution >= 4 is 5.69 Å². The largest absolute Gasteiger partial charge is 0.508 e. The van der Waals surface area contributed by atoms with Gasteiger partial charge in [0.25, 0.3) is 0 Å². The van der Waals surface area contributed by atoms with Gasteiger partial charge in [-0.25, -0.2) is 0 Å². The Bertz CT molecular complexity index is 1110. The number of methoxy groups -OCH3 is 1. The molecule has 0 saturated heterocycles. The fraction of sp³-hybridized carbons (Fsp3) is 0.419. The van der Waals surface area contributed by atoms with Gasteiger partial charge in [0.15, 0.2) is 0 Å². The van der Waals surface area contributed by atoms with E-state index in [1.807, 2.05) is 6.07 Å². The summed E-state index contributed by atoms with van der Waals surface area (Å²) in [7, 11) is 5.83. The molecule has 1 aliphatic rings. The second kappa shape index (κ2) is 12.7. The number of anilines is 1. The van der Waals surface area contributed by atoms with Crippen molar-refractivity contribution in [2.75, 3.05) is 46.2 Å². The van der Waals surface area contributed by atoms with E-state index in [4.69, 9.17) is 9.47 Å². The van der Waals surface area contributed by atoms with Gasteiger partial charge in [0.2, 0.25) is 0 Å². The van der Waals surface area contributed by atoms with Crippen molar-refractivity contribution in [3.05, 3.63) is 82.9 Å². The Morgan fingerprint density at radius 3 is 2.53 bits per heavy atom. The molecule has 0 fully saturated rings. The number of unbranched alkanes of at least 4 members (excludes halogenated alkanes) is 1. The lowest BCUT2D eigenvalue weighted by molar-refractivity contribution is 0.261. The number of phenolic OH excluding ortho intramolecular Hbond substituents is 1. The number of rotatable bonds is 12. The highest BCUT2D eigenvalue weighted by Crippen LogP contribution is 2.38. The third-order valence-corrected chi connectivity index (χ3v) is 7.06. The predicted molar refractivity (Wildman–Crippen MR) is 148 cm³/mol. The van der Waals surface area contributed by atoms with Crippen molar-refractivity contribution < 1.29 is 14.6 Å². The van der Waals surface area contributed by atoms with Gasteiger partial charge in [-0.1, -0.05) is 24.3 Å². The smallest absolute Gasteiger partial charge is 0.120 e. The van der Waals surface area contributed by atoms with Crippen molar-refractivity contribution in [3.8, 4) is 17.2 Å². The van der Waals surface area contributed by atoms with Crippen molar-refractivity contribution in [3.63, 3.8) is 0 Å². The van der Waals surface area contributed by atoms with Crippen LogP contribution in [0, 0.1) is 0 Å². The molecule has 5 heteroatoms. The highest BCUT2D eigenvalue weighted by molar-refractivity contribution is 5.57. The maximum Gasteiger partial charge on any atom is 0.120 e. The summed E-state index contributed by atoms with van der Waals surface area (Å²) in [5, 5.41) is 13.5. The van der Waals surface area contributed by atoms with Crippen LogP contribution < -0.4 is 14.8 Å². The molecule has 1 atom stereocenters. The third-order valence-electron chi connectivity index (χ3n) is 7.06. The van der Waals surface area contributed by atoms with Crippen LogP contribution in [0.25, 0.3) is 0 Å². The van der Waals surface area contributed by atoms with Crippen LogP contribution in [-0.4, -0.2) is 50.9 Å². The zero-order chi connectivity index (χ0) is 25.3. The highest BCUT2D eigenvalue weighted by atomic mass is 16.5. The van der Waals surface area contributed by atoms with Gasteiger partial charge in [-0.3, -0.25) is 0 Å². The van der Waals surface area contributed by atoms with Crippen LogP contribution >= 0.6 is 0 Å². The molecule has 0 aromatic heterocycles. The summed E-state index contributed by atoms with van der Waals surface area (Å²) in [6.07, 6.45) is 6.39. The van der Waals surface area contributed by atoms with Gasteiger partial charge >= 0.3 is 0 Å². The van der Waals surface area contributed by atoms with E-state index in [-0.39, 0.29) is 0 Å². The van der Waals surface area contributed by atoms with Gasteiger partial charge in [0, 0.05) is 24.8 Å². The van der Waals surface area contributed by atoms with E-state index in [1.54, 1.807) is 13.2 Å². The zero-order valence-electron chi connectivity index (χ0n) is 21.9. The van der Waals surface area contributed by atoms with Gasteiger partial charge < -0.3 is 24.8 Å². The molecule has 0 aliphatic heterocycles. The Morgan fingerprint density at radius 1 is 0.944 bits per heavy atom. The standard InChI is InChI=1S/C31H40N2O3/c1-33(2)18-19-36-28-13-7-23(8-14-28)6-4-5-17-32-31-22-29(35-3)15-16-30(31)26-10-9-25-21-27(34)12-11-24(25)20-26/h7-8,11-16,21-22,26,32,34H,4-6,9-10,17-20H2,1-3H3. The van der Waals surface area contributed by atoms with E-state index in [0.717, 1.165) is 63.1 Å². The van der Waals surface area contributed by atoms with Gasteiger partial charge in [-0.05, 0) is 111 Å². The molecule has 0 bridgehead atoms. The Kier molecular flexibility index (Phi) is 9.12. The Balaban J connectivity index is 1.28. The maximum absolute atomic E-state index is 9.82. The maximum atomic E-state index is 9.82. The van der Waals surface area contributed by atoms with E-state index >= 15 is 0 Å². The summed E-state index contributed by atoms with van der Waals surface area (Å²) in [6.45, 7) is 2.56. The molecule has 1 unspecified atom stereocenters. The van der Waals surface area contributed by atoms with Crippen LogP contribution in [0.15, 0.2) is 60.7 Å². The minimum atomic E-state index is 0.364. The van der Waals surface area contributed by atoms with E-state index in [9.17, 15) is 5.11 Å². The summed E-state index contributed by atoms with van der Waals surface area (Å²) in [5.74, 6) is 2.66. The predicted octanol–water partition coefficient (Wildman–Crippen LogP) is 6.05. The average molecular weight is 489 g/mol. The first-order chi connectivity index (χ1) is 17.5. The Hall–Kier alpha value is -3.18. The SMILES string of the molecule is COc1ccc(C2CCc3cc(O)ccc3C2)c(NCCCCc2ccc(OCCN(C)C)cc2)c1. The number of ether oxygens (including phenoxy) is 2. The van der Waals surface area contributed by atoms with Crippen LogP contribution in [0.3, 0.4) is 0 Å². The molecule has 2 N–H and O–H groups in total. The summed E-state index contributed by atoms with van der Waals surface area (Å²) >= 11 is 0. The van der Waals surface area contributed by atoms with Crippen LogP contribution in [0.4, 0.5) is 5.69 Å². The van der Waals surface area contributed by atoms with Crippen molar-refractivity contribution in [1.29, 1.82) is 0 Å². The number of hydrogen-bond acceptors (Lipinski definition) is 5. The molecule has 3 aromatic carbocycles. The first kappa shape index (κ1) is 25.9. The van der Waals surface area contributed by atoms with Gasteiger partial charge in [-0.15, -0.1) is 0 Å². The summed E-state index contributed by atoms with van der Waals surface area (Å²) in [4.78, 5) is 2.12. The molecule has 5 nitrogen and oxygen atoms in total. The highest BCUT2D eigenvalue weighted by Gasteiger charge is 2.23. The minimum Gasteiger partial charge on any atom is -0.508 e. The lowest BCUT2D eigenvalue weighted by Crippen LogP contribution is -2.19. The van der Waals surface area contributed by atoms with Crippen LogP contribution in [0.5, 0.6) is 17.2 Å². The summed E-state index contributed by atoms with van der Waals surface area (Å²) in [6, 6.07) is 20.8. The number of phenols is 1. The molecule has 0 heterocycles. The van der Waals surface area contributed by atoms with Crippen LogP contribution in [0.1, 0.15) is 47.4 Å². The van der Waals surface area contributed by atoms with Crippen LogP contribution in [0.2, 0.25) is 0 Å². The lowest BCUT2D eigenvalue weighted by atomic mass is 9.79. The monoisotopic (exact) mass is 488 g/mol. The number of nitrogens with zero attached hydrogens (tertiary/aromatic N) is 1. The first-order valence-electron chi connectivity index (χ1n) is 13.1. The van der Waals surface area contributed by atoms with Gasteiger partial charge in [0.1, 0.15) is 23.9 Å². The quantitative estimate of drug-likeness (QED) is 0.304. The second-order valence-corrected chi connectivity index (χ2v) is 10.0.